The van der Waals surface area contributed by atoms with E-state index in [1.54, 1.807) is 6.08 Å². The second-order valence-corrected chi connectivity index (χ2v) is 8.37. The molecule has 0 unspecified atom stereocenters. The Labute approximate surface area is 184 Å². The van der Waals surface area contributed by atoms with Crippen LogP contribution in [0.25, 0.3) is 6.08 Å². The number of likely N-dealkylation sites (tertiary alicyclic amines) is 1. The second-order valence-electron chi connectivity index (χ2n) is 7.44. The van der Waals surface area contributed by atoms with Gasteiger partial charge < -0.3 is 9.64 Å². The van der Waals surface area contributed by atoms with Crippen LogP contribution in [0.5, 0.6) is 5.75 Å². The summed E-state index contributed by atoms with van der Waals surface area (Å²) >= 11 is 1.36. The van der Waals surface area contributed by atoms with Crippen molar-refractivity contribution >= 4 is 39.9 Å². The van der Waals surface area contributed by atoms with Gasteiger partial charge in [-0.3, -0.25) is 10.2 Å². The lowest BCUT2D eigenvalue weighted by atomic mass is 10.1. The zero-order chi connectivity index (χ0) is 21.2. The molecular formula is C23H21N5O2S. The predicted octanol–water partition coefficient (Wildman–Crippen LogP) is 3.94. The number of amides is 1. The molecule has 1 saturated heterocycles. The Bertz CT molecular complexity index is 1100. The first-order valence-corrected chi connectivity index (χ1v) is 11.0. The predicted molar refractivity (Wildman–Crippen MR) is 123 cm³/mol. The zero-order valence-electron chi connectivity index (χ0n) is 16.8. The smallest absolute Gasteiger partial charge is 0.283 e. The number of thioether (sulfide) groups is 1. The highest BCUT2D eigenvalue weighted by Gasteiger charge is 2.37. The maximum absolute atomic E-state index is 12.6. The van der Waals surface area contributed by atoms with Crippen LogP contribution in [-0.2, 0) is 11.4 Å². The number of fused-ring (bicyclic) bond motifs is 1. The molecule has 2 aromatic rings. The molecule has 3 heterocycles. The summed E-state index contributed by atoms with van der Waals surface area (Å²) < 4.78 is 5.81. The fourth-order valence-electron chi connectivity index (χ4n) is 3.59. The van der Waals surface area contributed by atoms with Gasteiger partial charge in [-0.15, -0.1) is 5.10 Å². The molecule has 3 aliphatic heterocycles. The van der Waals surface area contributed by atoms with Crippen molar-refractivity contribution in [1.82, 2.24) is 9.91 Å². The maximum Gasteiger partial charge on any atom is 0.283 e. The van der Waals surface area contributed by atoms with Crippen molar-refractivity contribution in [2.24, 2.45) is 10.1 Å². The molecular weight excluding hydrogens is 410 g/mol. The number of hydrazone groups is 1. The van der Waals surface area contributed by atoms with Gasteiger partial charge in [-0.05, 0) is 53.9 Å². The van der Waals surface area contributed by atoms with Gasteiger partial charge in [-0.25, -0.2) is 0 Å². The number of rotatable bonds is 4. The third-order valence-corrected chi connectivity index (χ3v) is 6.23. The molecule has 0 aromatic heterocycles. The zero-order valence-corrected chi connectivity index (χ0v) is 17.6. The quantitative estimate of drug-likeness (QED) is 0.742. The summed E-state index contributed by atoms with van der Waals surface area (Å²) in [5, 5.41) is 15.8. The number of nitrogens with zero attached hydrogens (tertiary/aromatic N) is 4. The molecule has 2 aromatic carbocycles. The lowest BCUT2D eigenvalue weighted by Crippen LogP contribution is -2.35. The summed E-state index contributed by atoms with van der Waals surface area (Å²) in [5.41, 5.74) is 2.13. The van der Waals surface area contributed by atoms with E-state index in [0.29, 0.717) is 11.8 Å². The van der Waals surface area contributed by atoms with Crippen LogP contribution in [0.15, 0.2) is 70.3 Å². The number of hydrogen-bond donors (Lipinski definition) is 1. The molecule has 1 N–H and O–H groups in total. The first-order chi connectivity index (χ1) is 15.2. The summed E-state index contributed by atoms with van der Waals surface area (Å²) in [5.74, 6) is 0.388. The van der Waals surface area contributed by atoms with Crippen molar-refractivity contribution in [3.05, 3.63) is 71.3 Å². The van der Waals surface area contributed by atoms with Crippen molar-refractivity contribution in [2.45, 2.75) is 19.4 Å². The van der Waals surface area contributed by atoms with Crippen LogP contribution in [0, 0.1) is 5.41 Å². The van der Waals surface area contributed by atoms with Crippen molar-refractivity contribution in [1.29, 1.82) is 5.41 Å². The average molecular weight is 432 g/mol. The van der Waals surface area contributed by atoms with Crippen LogP contribution in [0.3, 0.4) is 0 Å². The normalized spacial score (nSPS) is 19.5. The molecule has 1 fully saturated rings. The van der Waals surface area contributed by atoms with Gasteiger partial charge in [-0.2, -0.15) is 10.0 Å². The fraction of sp³-hybridized carbons (Fsp3) is 0.217. The number of aliphatic imine (C=N–C) groups is 1. The number of nitrogens with one attached hydrogen (secondary N) is 1. The van der Waals surface area contributed by atoms with Crippen molar-refractivity contribution in [3.63, 3.8) is 0 Å². The molecule has 0 radical (unpaired) electrons. The minimum atomic E-state index is -0.411. The first kappa shape index (κ1) is 19.6. The summed E-state index contributed by atoms with van der Waals surface area (Å²) in [7, 11) is 0. The van der Waals surface area contributed by atoms with E-state index in [2.05, 4.69) is 15.0 Å². The van der Waals surface area contributed by atoms with Crippen molar-refractivity contribution < 1.29 is 9.53 Å². The summed E-state index contributed by atoms with van der Waals surface area (Å²) in [4.78, 5) is 18.9. The van der Waals surface area contributed by atoms with Gasteiger partial charge in [0.05, 0.1) is 5.57 Å². The van der Waals surface area contributed by atoms with E-state index in [-0.39, 0.29) is 11.4 Å². The highest BCUT2D eigenvalue weighted by atomic mass is 32.2. The van der Waals surface area contributed by atoms with Crippen LogP contribution in [0.2, 0.25) is 0 Å². The monoisotopic (exact) mass is 431 g/mol. The average Bonchev–Trinajstić information content (AvgIpc) is 3.47. The van der Waals surface area contributed by atoms with Crippen LogP contribution in [0.1, 0.15) is 24.0 Å². The maximum atomic E-state index is 12.6. The Morgan fingerprint density at radius 3 is 2.52 bits per heavy atom. The van der Waals surface area contributed by atoms with E-state index < -0.39 is 5.91 Å². The van der Waals surface area contributed by atoms with E-state index in [0.717, 1.165) is 48.0 Å². The highest BCUT2D eigenvalue weighted by molar-refractivity contribution is 8.26. The van der Waals surface area contributed by atoms with Gasteiger partial charge in [-0.1, -0.05) is 42.5 Å². The molecule has 7 nitrogen and oxygen atoms in total. The van der Waals surface area contributed by atoms with E-state index in [1.807, 2.05) is 54.6 Å². The summed E-state index contributed by atoms with van der Waals surface area (Å²) in [6.07, 6.45) is 3.96. The van der Waals surface area contributed by atoms with Crippen LogP contribution < -0.4 is 4.74 Å². The Hall–Kier alpha value is -3.39. The topological polar surface area (TPSA) is 81.3 Å². The van der Waals surface area contributed by atoms with Gasteiger partial charge in [0.2, 0.25) is 5.17 Å². The largest absolute Gasteiger partial charge is 0.489 e. The van der Waals surface area contributed by atoms with Gasteiger partial charge in [0.25, 0.3) is 5.91 Å². The second kappa shape index (κ2) is 8.39. The Balaban J connectivity index is 1.30. The van der Waals surface area contributed by atoms with E-state index >= 15 is 0 Å². The fourth-order valence-corrected chi connectivity index (χ4v) is 4.53. The molecule has 5 rings (SSSR count). The summed E-state index contributed by atoms with van der Waals surface area (Å²) in [6.45, 7) is 2.40. The Morgan fingerprint density at radius 2 is 1.77 bits per heavy atom. The third-order valence-electron chi connectivity index (χ3n) is 5.26. The molecule has 0 saturated carbocycles. The molecule has 0 bridgehead atoms. The standard InChI is InChI=1S/C23H21N5O2S/c24-20-19(21(29)25-22-28(20)26-23(31-22)27-12-4-5-13-27)14-16-8-10-18(11-9-16)30-15-17-6-2-1-3-7-17/h1-3,6-11,14,24H,4-5,12-13,15H2/b19-14-,24-20?. The molecule has 3 aliphatic rings. The molecule has 0 spiro atoms. The number of benzene rings is 2. The van der Waals surface area contributed by atoms with Crippen molar-refractivity contribution in [3.8, 4) is 5.75 Å². The molecule has 0 aliphatic carbocycles. The van der Waals surface area contributed by atoms with Crippen LogP contribution >= 0.6 is 11.8 Å². The van der Waals surface area contributed by atoms with Gasteiger partial charge in [0.15, 0.2) is 11.0 Å². The van der Waals surface area contributed by atoms with E-state index in [1.165, 1.54) is 16.8 Å². The molecule has 31 heavy (non-hydrogen) atoms. The van der Waals surface area contributed by atoms with E-state index in [4.69, 9.17) is 10.1 Å². The first-order valence-electron chi connectivity index (χ1n) is 10.2. The van der Waals surface area contributed by atoms with Gasteiger partial charge in [0.1, 0.15) is 12.4 Å². The summed E-state index contributed by atoms with van der Waals surface area (Å²) in [6, 6.07) is 17.4. The van der Waals surface area contributed by atoms with E-state index in [9.17, 15) is 4.79 Å². The van der Waals surface area contributed by atoms with Crippen LogP contribution in [-0.4, -0.2) is 45.1 Å². The van der Waals surface area contributed by atoms with Crippen LogP contribution in [0.4, 0.5) is 0 Å². The third kappa shape index (κ3) is 4.11. The minimum Gasteiger partial charge on any atom is -0.489 e. The minimum absolute atomic E-state index is 0.0566. The van der Waals surface area contributed by atoms with Gasteiger partial charge >= 0.3 is 0 Å². The number of amidine groups is 3. The number of carbonyl (C=O) groups excluding carboxylic acids is 1. The Kier molecular flexibility index (Phi) is 5.30. The highest BCUT2D eigenvalue weighted by Crippen LogP contribution is 2.31. The SMILES string of the molecule is N=C1/C(=C/c2ccc(OCc3ccccc3)cc2)C(=O)N=C2SC(N3CCCC3)=NN12. The number of carbonyl (C=O) groups is 1. The molecule has 1 amide bonds. The number of hydrogen-bond acceptors (Lipinski definition) is 6. The molecule has 8 heteroatoms. The molecule has 0 atom stereocenters. The Morgan fingerprint density at radius 1 is 1.03 bits per heavy atom. The van der Waals surface area contributed by atoms with Gasteiger partial charge in [0, 0.05) is 13.1 Å². The van der Waals surface area contributed by atoms with Crippen molar-refractivity contribution in [2.75, 3.05) is 13.1 Å². The lowest BCUT2D eigenvalue weighted by molar-refractivity contribution is -0.114. The number of ether oxygens (including phenoxy) is 1. The molecule has 156 valence electrons. The lowest BCUT2D eigenvalue weighted by Gasteiger charge is -2.20.